The first kappa shape index (κ1) is 20.3. The molecule has 6 nitrogen and oxygen atoms in total. The van der Waals surface area contributed by atoms with Crippen molar-refractivity contribution in [2.45, 2.75) is 44.0 Å². The van der Waals surface area contributed by atoms with E-state index in [1.54, 1.807) is 23.9 Å². The van der Waals surface area contributed by atoms with Crippen molar-refractivity contribution in [3.8, 4) is 17.1 Å². The lowest BCUT2D eigenvalue weighted by Gasteiger charge is -2.17. The molecule has 1 N–H and O–H groups in total. The van der Waals surface area contributed by atoms with Gasteiger partial charge in [0.2, 0.25) is 23.0 Å². The highest BCUT2D eigenvalue weighted by molar-refractivity contribution is 7.99. The van der Waals surface area contributed by atoms with Crippen LogP contribution >= 0.6 is 11.8 Å². The molecule has 4 rings (SSSR count). The van der Waals surface area contributed by atoms with E-state index in [0.717, 1.165) is 23.4 Å². The molecule has 0 fully saturated rings. The highest BCUT2D eigenvalue weighted by Crippen LogP contribution is 2.36. The number of nitrogens with zero attached hydrogens (tertiary/aromatic N) is 3. The van der Waals surface area contributed by atoms with Crippen LogP contribution < -0.4 is 10.1 Å². The van der Waals surface area contributed by atoms with Crippen molar-refractivity contribution in [1.82, 2.24) is 15.2 Å². The Morgan fingerprint density at radius 2 is 1.83 bits per heavy atom. The predicted octanol–water partition coefficient (Wildman–Crippen LogP) is 5.22. The molecule has 0 saturated carbocycles. The van der Waals surface area contributed by atoms with Crippen molar-refractivity contribution < 1.29 is 9.53 Å². The molecule has 0 bridgehead atoms. The third kappa shape index (κ3) is 4.62. The Hall–Kier alpha value is -2.93. The summed E-state index contributed by atoms with van der Waals surface area (Å²) >= 11 is 1.57. The Labute approximate surface area is 180 Å². The number of nitrogens with one attached hydrogen (secondary N) is 1. The zero-order valence-corrected chi connectivity index (χ0v) is 17.7. The first-order chi connectivity index (χ1) is 14.8. The maximum absolute atomic E-state index is 13.1. The van der Waals surface area contributed by atoms with Crippen molar-refractivity contribution in [2.75, 3.05) is 11.1 Å². The van der Waals surface area contributed by atoms with Gasteiger partial charge in [-0.15, -0.1) is 10.2 Å². The third-order valence-electron chi connectivity index (χ3n) is 4.86. The number of carbonyl (C=O) groups excluding carboxylic acids is 1. The van der Waals surface area contributed by atoms with Gasteiger partial charge in [-0.3, -0.25) is 4.79 Å². The normalized spacial score (nSPS) is 14.6. The molecular weight excluding hydrogens is 396 g/mol. The molecule has 1 aliphatic rings. The van der Waals surface area contributed by atoms with E-state index in [2.05, 4.69) is 27.4 Å². The molecule has 1 aliphatic heterocycles. The second-order valence-corrected chi connectivity index (χ2v) is 8.14. The summed E-state index contributed by atoms with van der Waals surface area (Å²) in [6, 6.07) is 16.8. The van der Waals surface area contributed by atoms with Crippen LogP contribution in [0.25, 0.3) is 11.3 Å². The molecule has 7 heteroatoms. The van der Waals surface area contributed by atoms with Gasteiger partial charge in [0, 0.05) is 22.6 Å². The Kier molecular flexibility index (Phi) is 6.59. The number of ether oxygens (including phenoxy) is 1. The monoisotopic (exact) mass is 420 g/mol. The number of carbonyl (C=O) groups is 1. The molecule has 0 radical (unpaired) electrons. The molecule has 0 aliphatic carbocycles. The van der Waals surface area contributed by atoms with Crippen LogP contribution in [0.1, 0.15) is 43.0 Å². The summed E-state index contributed by atoms with van der Waals surface area (Å²) in [6.07, 6.45) is 3.86. The zero-order valence-electron chi connectivity index (χ0n) is 16.9. The fourth-order valence-corrected chi connectivity index (χ4v) is 4.05. The molecule has 0 unspecified atom stereocenters. The van der Waals surface area contributed by atoms with Crippen LogP contribution in [0, 0.1) is 0 Å². The van der Waals surface area contributed by atoms with Gasteiger partial charge in [-0.25, -0.2) is 0 Å². The van der Waals surface area contributed by atoms with Crippen LogP contribution in [0.2, 0.25) is 0 Å². The minimum atomic E-state index is -0.895. The van der Waals surface area contributed by atoms with Crippen molar-refractivity contribution >= 4 is 23.2 Å². The number of ketones is 1. The third-order valence-corrected chi connectivity index (χ3v) is 5.78. The van der Waals surface area contributed by atoms with Crippen LogP contribution in [0.3, 0.4) is 0 Å². The number of Topliss-reactive ketones (excluding diaryl/α,β-unsaturated/α-hetero) is 1. The van der Waals surface area contributed by atoms with Gasteiger partial charge in [-0.2, -0.15) is 4.98 Å². The molecule has 1 aromatic heterocycles. The minimum absolute atomic E-state index is 0.161. The standard InChI is InChI=1S/C23H24N4O2S/c1-2-3-4-10-15-30-23-25-21-19(26-27-23)17-13-8-9-14-18(17)24-22(29-21)20(28)16-11-6-5-7-12-16/h5-9,11-14,22,24H,2-4,10,15H2,1H3/t22-/m0/s1. The summed E-state index contributed by atoms with van der Waals surface area (Å²) in [5, 5.41) is 12.4. The average molecular weight is 421 g/mol. The number of thioether (sulfide) groups is 1. The van der Waals surface area contributed by atoms with Crippen LogP contribution in [0.15, 0.2) is 59.8 Å². The van der Waals surface area contributed by atoms with E-state index in [1.165, 1.54) is 19.3 Å². The van der Waals surface area contributed by atoms with Gasteiger partial charge in [0.15, 0.2) is 5.69 Å². The van der Waals surface area contributed by atoms with Gasteiger partial charge in [0.05, 0.1) is 0 Å². The molecule has 0 amide bonds. The Bertz CT molecular complexity index is 1010. The number of hydrogen-bond acceptors (Lipinski definition) is 7. The first-order valence-electron chi connectivity index (χ1n) is 10.3. The summed E-state index contributed by atoms with van der Waals surface area (Å²) in [5.41, 5.74) is 2.69. The number of anilines is 1. The second kappa shape index (κ2) is 9.71. The van der Waals surface area contributed by atoms with Gasteiger partial charge in [0.25, 0.3) is 0 Å². The Morgan fingerprint density at radius 3 is 2.67 bits per heavy atom. The van der Waals surface area contributed by atoms with Gasteiger partial charge < -0.3 is 10.1 Å². The minimum Gasteiger partial charge on any atom is -0.444 e. The molecule has 0 spiro atoms. The maximum atomic E-state index is 13.1. The first-order valence-corrected chi connectivity index (χ1v) is 11.2. The quantitative estimate of drug-likeness (QED) is 0.304. The van der Waals surface area contributed by atoms with Crippen LogP contribution in [-0.4, -0.2) is 32.9 Å². The smallest absolute Gasteiger partial charge is 0.247 e. The fraction of sp³-hybridized carbons (Fsp3) is 0.304. The summed E-state index contributed by atoms with van der Waals surface area (Å²) in [6.45, 7) is 2.20. The van der Waals surface area contributed by atoms with E-state index in [-0.39, 0.29) is 5.78 Å². The highest BCUT2D eigenvalue weighted by Gasteiger charge is 2.29. The number of unbranched alkanes of at least 4 members (excludes halogenated alkanes) is 3. The van der Waals surface area contributed by atoms with E-state index in [0.29, 0.717) is 22.3 Å². The van der Waals surface area contributed by atoms with Gasteiger partial charge in [0.1, 0.15) is 0 Å². The highest BCUT2D eigenvalue weighted by atomic mass is 32.2. The number of para-hydroxylation sites is 1. The Morgan fingerprint density at radius 1 is 1.03 bits per heavy atom. The summed E-state index contributed by atoms with van der Waals surface area (Å²) in [5.74, 6) is 1.10. The van der Waals surface area contributed by atoms with Crippen molar-refractivity contribution in [2.24, 2.45) is 0 Å². The lowest BCUT2D eigenvalue weighted by molar-refractivity contribution is 0.0823. The van der Waals surface area contributed by atoms with E-state index < -0.39 is 6.23 Å². The SMILES string of the molecule is CCCCCCSc1nnc2c(n1)O[C@@H](C(=O)c1ccccc1)Nc1ccccc1-2. The average Bonchev–Trinajstić information content (AvgIpc) is 2.95. The van der Waals surface area contributed by atoms with E-state index in [4.69, 9.17) is 4.74 Å². The number of rotatable bonds is 8. The molecule has 30 heavy (non-hydrogen) atoms. The lowest BCUT2D eigenvalue weighted by Crippen LogP contribution is -2.35. The van der Waals surface area contributed by atoms with Crippen molar-refractivity contribution in [1.29, 1.82) is 0 Å². The van der Waals surface area contributed by atoms with Crippen LogP contribution in [0.5, 0.6) is 5.88 Å². The largest absolute Gasteiger partial charge is 0.444 e. The molecule has 154 valence electrons. The zero-order chi connectivity index (χ0) is 20.8. The molecule has 0 saturated heterocycles. The van der Waals surface area contributed by atoms with E-state index >= 15 is 0 Å². The molecule has 2 heterocycles. The molecular formula is C23H24N4O2S. The predicted molar refractivity (Wildman–Crippen MR) is 119 cm³/mol. The fourth-order valence-electron chi connectivity index (χ4n) is 3.27. The van der Waals surface area contributed by atoms with Crippen LogP contribution in [-0.2, 0) is 0 Å². The van der Waals surface area contributed by atoms with E-state index in [1.807, 2.05) is 42.5 Å². The number of benzene rings is 2. The number of fused-ring (bicyclic) bond motifs is 3. The lowest BCUT2D eigenvalue weighted by atomic mass is 10.1. The van der Waals surface area contributed by atoms with Crippen LogP contribution in [0.4, 0.5) is 5.69 Å². The maximum Gasteiger partial charge on any atom is 0.247 e. The molecule has 3 aromatic rings. The summed E-state index contributed by atoms with van der Waals surface area (Å²) < 4.78 is 6.05. The molecule has 2 aromatic carbocycles. The van der Waals surface area contributed by atoms with E-state index in [9.17, 15) is 4.79 Å². The summed E-state index contributed by atoms with van der Waals surface area (Å²) in [7, 11) is 0. The van der Waals surface area contributed by atoms with Crippen molar-refractivity contribution in [3.63, 3.8) is 0 Å². The number of hydrogen-bond donors (Lipinski definition) is 1. The van der Waals surface area contributed by atoms with Gasteiger partial charge in [-0.05, 0) is 12.5 Å². The molecule has 1 atom stereocenters. The summed E-state index contributed by atoms with van der Waals surface area (Å²) in [4.78, 5) is 17.7. The topological polar surface area (TPSA) is 77.0 Å². The van der Waals surface area contributed by atoms with Gasteiger partial charge >= 0.3 is 0 Å². The van der Waals surface area contributed by atoms with Gasteiger partial charge in [-0.1, -0.05) is 86.5 Å². The Balaban J connectivity index is 1.61. The second-order valence-electron chi connectivity index (χ2n) is 7.08. The number of aromatic nitrogens is 3. The van der Waals surface area contributed by atoms with Crippen molar-refractivity contribution in [3.05, 3.63) is 60.2 Å².